The molecule has 0 heterocycles. The molecule has 0 aliphatic carbocycles. The number of halogens is 4. The summed E-state index contributed by atoms with van der Waals surface area (Å²) in [5, 5.41) is 20.1. The zero-order valence-electron chi connectivity index (χ0n) is 14.2. The Morgan fingerprint density at radius 2 is 1.93 bits per heavy atom. The summed E-state index contributed by atoms with van der Waals surface area (Å²) in [6, 6.07) is 8.09. The van der Waals surface area contributed by atoms with E-state index in [1.165, 1.54) is 0 Å². The summed E-state index contributed by atoms with van der Waals surface area (Å²) in [5.41, 5.74) is 0.851. The molecule has 0 saturated carbocycles. The highest BCUT2D eigenvalue weighted by Gasteiger charge is 2.31. The van der Waals surface area contributed by atoms with Crippen molar-refractivity contribution < 1.29 is 23.1 Å². The van der Waals surface area contributed by atoms with Gasteiger partial charge in [0.05, 0.1) is 11.3 Å². The molecule has 142 valence electrons. The maximum Gasteiger partial charge on any atom is 0.416 e. The molecule has 0 saturated heterocycles. The van der Waals surface area contributed by atoms with E-state index in [1.54, 1.807) is 18.2 Å². The van der Waals surface area contributed by atoms with Crippen LogP contribution in [-0.2, 0) is 17.5 Å². The molecule has 0 fully saturated rings. The molecule has 2 aromatic carbocycles. The first-order valence-electron chi connectivity index (χ1n) is 7.78. The van der Waals surface area contributed by atoms with Gasteiger partial charge < -0.3 is 15.8 Å². The normalized spacial score (nSPS) is 11.6. The van der Waals surface area contributed by atoms with Crippen molar-refractivity contribution in [1.82, 2.24) is 0 Å². The predicted octanol–water partition coefficient (Wildman–Crippen LogP) is 5.29. The quantitative estimate of drug-likeness (QED) is 0.459. The van der Waals surface area contributed by atoms with Crippen molar-refractivity contribution in [3.63, 3.8) is 0 Å². The Kier molecular flexibility index (Phi) is 6.28. The molecule has 0 radical (unpaired) electrons. The molecule has 0 unspecified atom stereocenters. The first-order chi connectivity index (χ1) is 12.6. The minimum Gasteiger partial charge on any atom is -0.478 e. The second-order valence-corrected chi connectivity index (χ2v) is 6.20. The van der Waals surface area contributed by atoms with Gasteiger partial charge >= 0.3 is 12.1 Å². The van der Waals surface area contributed by atoms with Gasteiger partial charge in [-0.25, -0.2) is 4.79 Å². The number of anilines is 1. The fourth-order valence-corrected chi connectivity index (χ4v) is 2.62. The molecule has 2 rings (SSSR count). The number of carboxylic acids is 1. The van der Waals surface area contributed by atoms with E-state index in [0.717, 1.165) is 41.5 Å². The number of aryl methyl sites for hydroxylation is 1. The summed E-state index contributed by atoms with van der Waals surface area (Å²) in [6.45, 7) is 2.04. The zero-order valence-corrected chi connectivity index (χ0v) is 14.9. The Balaban J connectivity index is 2.37. The molecule has 0 amide bonds. The second-order valence-electron chi connectivity index (χ2n) is 5.77. The number of hydrogen-bond donors (Lipinski definition) is 3. The average molecular weight is 397 g/mol. The van der Waals surface area contributed by atoms with E-state index in [9.17, 15) is 18.0 Å². The van der Waals surface area contributed by atoms with Crippen LogP contribution in [0.3, 0.4) is 0 Å². The van der Waals surface area contributed by atoms with Gasteiger partial charge in [-0.3, -0.25) is 0 Å². The number of alkyl halides is 3. The van der Waals surface area contributed by atoms with E-state index < -0.39 is 17.7 Å². The second kappa shape index (κ2) is 8.26. The minimum absolute atomic E-state index is 0.0826. The molecule has 0 aliphatic heterocycles. The zero-order chi connectivity index (χ0) is 20.2. The number of nitrogens with one attached hydrogen (secondary N) is 2. The summed E-state index contributed by atoms with van der Waals surface area (Å²) in [4.78, 5) is 10.6. The Morgan fingerprint density at radius 1 is 1.22 bits per heavy atom. The maximum absolute atomic E-state index is 13.0. The van der Waals surface area contributed by atoms with E-state index in [0.29, 0.717) is 5.02 Å². The lowest BCUT2D eigenvalue weighted by molar-refractivity contribution is -0.137. The average Bonchev–Trinajstić information content (AvgIpc) is 2.58. The minimum atomic E-state index is -4.54. The standard InChI is InChI=1S/C19H16ClF3N2O2/c1-11-8-14(20)4-2-12(11)10-25-17-9-13(19(21,22)23)3-5-15(17)16(24)6-7-18(26)27/h2-9,24-25H,10H2,1H3,(H,26,27)/b7-6+,24-16?. The fraction of sp³-hybridized carbons (Fsp3) is 0.158. The number of aliphatic carboxylic acids is 1. The van der Waals surface area contributed by atoms with E-state index in [1.807, 2.05) is 6.92 Å². The lowest BCUT2D eigenvalue weighted by atomic mass is 10.0. The van der Waals surface area contributed by atoms with Gasteiger partial charge in [-0.05, 0) is 48.4 Å². The van der Waals surface area contributed by atoms with Crippen LogP contribution < -0.4 is 5.32 Å². The van der Waals surface area contributed by atoms with E-state index >= 15 is 0 Å². The van der Waals surface area contributed by atoms with Crippen LogP contribution in [0.1, 0.15) is 22.3 Å². The first kappa shape index (κ1) is 20.5. The van der Waals surface area contributed by atoms with Crippen LogP contribution in [0.4, 0.5) is 18.9 Å². The molecule has 27 heavy (non-hydrogen) atoms. The number of carbonyl (C=O) groups is 1. The van der Waals surface area contributed by atoms with Gasteiger partial charge in [-0.1, -0.05) is 23.7 Å². The van der Waals surface area contributed by atoms with E-state index in [2.05, 4.69) is 5.32 Å². The van der Waals surface area contributed by atoms with Crippen molar-refractivity contribution in [3.8, 4) is 0 Å². The highest BCUT2D eigenvalue weighted by molar-refractivity contribution is 6.30. The number of hydrogen-bond acceptors (Lipinski definition) is 3. The molecule has 4 nitrogen and oxygen atoms in total. The van der Waals surface area contributed by atoms with Crippen LogP contribution in [0.15, 0.2) is 48.6 Å². The molecular formula is C19H16ClF3N2O2. The molecule has 3 N–H and O–H groups in total. The molecule has 0 bridgehead atoms. The summed E-state index contributed by atoms with van der Waals surface area (Å²) in [7, 11) is 0. The Bertz CT molecular complexity index is 908. The SMILES string of the molecule is Cc1cc(Cl)ccc1CNc1cc(C(F)(F)F)ccc1C(=N)/C=C/C(=O)O. The van der Waals surface area contributed by atoms with Crippen molar-refractivity contribution in [1.29, 1.82) is 5.41 Å². The summed E-state index contributed by atoms with van der Waals surface area (Å²) in [6.07, 6.45) is -2.76. The van der Waals surface area contributed by atoms with Crippen molar-refractivity contribution in [2.45, 2.75) is 19.6 Å². The number of allylic oxidation sites excluding steroid dienone is 1. The fourth-order valence-electron chi connectivity index (χ4n) is 2.39. The lowest BCUT2D eigenvalue weighted by Gasteiger charge is -2.16. The largest absolute Gasteiger partial charge is 0.478 e. The molecule has 8 heteroatoms. The molecule has 2 aromatic rings. The van der Waals surface area contributed by atoms with Gasteiger partial charge in [0.15, 0.2) is 0 Å². The van der Waals surface area contributed by atoms with Crippen LogP contribution in [0.5, 0.6) is 0 Å². The van der Waals surface area contributed by atoms with Gasteiger partial charge in [0, 0.05) is 28.9 Å². The number of rotatable bonds is 6. The van der Waals surface area contributed by atoms with Crippen LogP contribution >= 0.6 is 11.6 Å². The number of benzene rings is 2. The van der Waals surface area contributed by atoms with Crippen LogP contribution in [-0.4, -0.2) is 16.8 Å². The highest BCUT2D eigenvalue weighted by atomic mass is 35.5. The Hall–Kier alpha value is -2.80. The van der Waals surface area contributed by atoms with E-state index in [4.69, 9.17) is 22.1 Å². The third-order valence-corrected chi connectivity index (χ3v) is 4.04. The Morgan fingerprint density at radius 3 is 2.52 bits per heavy atom. The Labute approximate surface area is 158 Å². The molecule has 0 spiro atoms. The maximum atomic E-state index is 13.0. The van der Waals surface area contributed by atoms with E-state index in [-0.39, 0.29) is 23.5 Å². The monoisotopic (exact) mass is 396 g/mol. The van der Waals surface area contributed by atoms with Crippen LogP contribution in [0, 0.1) is 12.3 Å². The highest BCUT2D eigenvalue weighted by Crippen LogP contribution is 2.32. The third kappa shape index (κ3) is 5.59. The summed E-state index contributed by atoms with van der Waals surface area (Å²) < 4.78 is 39.1. The van der Waals surface area contributed by atoms with Crippen molar-refractivity contribution in [2.24, 2.45) is 0 Å². The van der Waals surface area contributed by atoms with Gasteiger partial charge in [0.1, 0.15) is 0 Å². The lowest BCUT2D eigenvalue weighted by Crippen LogP contribution is -2.11. The van der Waals surface area contributed by atoms with Crippen molar-refractivity contribution >= 4 is 29.0 Å². The first-order valence-corrected chi connectivity index (χ1v) is 8.16. The van der Waals surface area contributed by atoms with Gasteiger partial charge in [-0.15, -0.1) is 0 Å². The molecule has 0 aliphatic rings. The van der Waals surface area contributed by atoms with Crippen molar-refractivity contribution in [3.05, 3.63) is 75.8 Å². The van der Waals surface area contributed by atoms with Gasteiger partial charge in [0.25, 0.3) is 0 Å². The van der Waals surface area contributed by atoms with Crippen LogP contribution in [0.2, 0.25) is 5.02 Å². The summed E-state index contributed by atoms with van der Waals surface area (Å²) in [5.74, 6) is -1.25. The van der Waals surface area contributed by atoms with Crippen molar-refractivity contribution in [2.75, 3.05) is 5.32 Å². The molecule has 0 aromatic heterocycles. The molecular weight excluding hydrogens is 381 g/mol. The number of carboxylic acid groups (broad SMARTS) is 1. The summed E-state index contributed by atoms with van der Waals surface area (Å²) >= 11 is 5.90. The smallest absolute Gasteiger partial charge is 0.416 e. The predicted molar refractivity (Wildman–Crippen MR) is 98.6 cm³/mol. The third-order valence-electron chi connectivity index (χ3n) is 3.80. The van der Waals surface area contributed by atoms with Gasteiger partial charge in [-0.2, -0.15) is 13.2 Å². The van der Waals surface area contributed by atoms with Gasteiger partial charge in [0.2, 0.25) is 0 Å². The van der Waals surface area contributed by atoms with Crippen LogP contribution in [0.25, 0.3) is 0 Å². The topological polar surface area (TPSA) is 73.2 Å². The molecule has 0 atom stereocenters.